The maximum Gasteiger partial charge on any atom is 0.225 e. The van der Waals surface area contributed by atoms with E-state index in [0.717, 1.165) is 44.7 Å². The standard InChI is InChI=1S/C18H29NO/c1-4-11-19(18(20)17-9-10-17)12-5-6-16-8-7-14(2)13-15(16)3/h5-7,15-17H,4,8-13H2,1-3H3/b6-5-. The lowest BCUT2D eigenvalue weighted by molar-refractivity contribution is -0.132. The summed E-state index contributed by atoms with van der Waals surface area (Å²) in [6, 6.07) is 0. The van der Waals surface area contributed by atoms with E-state index in [4.69, 9.17) is 0 Å². The van der Waals surface area contributed by atoms with Crippen LogP contribution in [-0.2, 0) is 4.79 Å². The van der Waals surface area contributed by atoms with Crippen LogP contribution in [0.15, 0.2) is 23.8 Å². The highest BCUT2D eigenvalue weighted by atomic mass is 16.2. The minimum atomic E-state index is 0.342. The summed E-state index contributed by atoms with van der Waals surface area (Å²) in [4.78, 5) is 14.2. The summed E-state index contributed by atoms with van der Waals surface area (Å²) < 4.78 is 0. The second-order valence-electron chi connectivity index (χ2n) is 6.62. The number of nitrogens with zero attached hydrogens (tertiary/aromatic N) is 1. The van der Waals surface area contributed by atoms with Gasteiger partial charge in [-0.2, -0.15) is 0 Å². The van der Waals surface area contributed by atoms with E-state index in [-0.39, 0.29) is 0 Å². The molecule has 0 spiro atoms. The lowest BCUT2D eigenvalue weighted by Gasteiger charge is -2.25. The van der Waals surface area contributed by atoms with Crippen molar-refractivity contribution in [1.29, 1.82) is 0 Å². The molecule has 0 N–H and O–H groups in total. The number of carbonyl (C=O) groups is 1. The molecule has 1 saturated carbocycles. The first-order valence-electron chi connectivity index (χ1n) is 8.23. The molecule has 0 bridgehead atoms. The van der Waals surface area contributed by atoms with Crippen LogP contribution in [0.25, 0.3) is 0 Å². The van der Waals surface area contributed by atoms with Crippen molar-refractivity contribution in [2.24, 2.45) is 17.8 Å². The lowest BCUT2D eigenvalue weighted by atomic mass is 9.81. The highest BCUT2D eigenvalue weighted by molar-refractivity contribution is 5.81. The summed E-state index contributed by atoms with van der Waals surface area (Å²) in [6.07, 6.45) is 12.6. The molecule has 0 aromatic rings. The third-order valence-corrected chi connectivity index (χ3v) is 4.55. The van der Waals surface area contributed by atoms with Gasteiger partial charge in [-0.25, -0.2) is 0 Å². The molecular formula is C18H29NO. The molecule has 0 saturated heterocycles. The van der Waals surface area contributed by atoms with Crippen LogP contribution in [-0.4, -0.2) is 23.9 Å². The fraction of sp³-hybridized carbons (Fsp3) is 0.722. The number of rotatable bonds is 6. The Balaban J connectivity index is 1.85. The first-order chi connectivity index (χ1) is 9.61. The number of allylic oxidation sites excluding steroid dienone is 3. The number of hydrogen-bond acceptors (Lipinski definition) is 1. The van der Waals surface area contributed by atoms with E-state index >= 15 is 0 Å². The average Bonchev–Trinajstić information content (AvgIpc) is 3.23. The number of hydrogen-bond donors (Lipinski definition) is 0. The summed E-state index contributed by atoms with van der Waals surface area (Å²) in [5, 5.41) is 0. The zero-order valence-electron chi connectivity index (χ0n) is 13.3. The molecule has 2 heteroatoms. The highest BCUT2D eigenvalue weighted by Crippen LogP contribution is 2.32. The molecular weight excluding hydrogens is 246 g/mol. The molecule has 2 aliphatic rings. The third kappa shape index (κ3) is 4.22. The molecule has 1 fully saturated rings. The number of amides is 1. The van der Waals surface area contributed by atoms with Gasteiger partial charge >= 0.3 is 0 Å². The predicted octanol–water partition coefficient (Wildman–Crippen LogP) is 4.18. The number of carbonyl (C=O) groups excluding carboxylic acids is 1. The molecule has 0 radical (unpaired) electrons. The average molecular weight is 275 g/mol. The van der Waals surface area contributed by atoms with Gasteiger partial charge < -0.3 is 4.90 Å². The molecule has 2 atom stereocenters. The van der Waals surface area contributed by atoms with E-state index < -0.39 is 0 Å². The summed E-state index contributed by atoms with van der Waals surface area (Å²) in [5.74, 6) is 2.10. The van der Waals surface area contributed by atoms with Gasteiger partial charge in [-0.05, 0) is 50.9 Å². The van der Waals surface area contributed by atoms with E-state index in [0.29, 0.717) is 17.7 Å². The Morgan fingerprint density at radius 3 is 2.80 bits per heavy atom. The van der Waals surface area contributed by atoms with Crippen molar-refractivity contribution in [3.05, 3.63) is 23.8 Å². The maximum atomic E-state index is 12.2. The quantitative estimate of drug-likeness (QED) is 0.666. The molecule has 0 aromatic heterocycles. The first-order valence-corrected chi connectivity index (χ1v) is 8.23. The Morgan fingerprint density at radius 2 is 2.20 bits per heavy atom. The van der Waals surface area contributed by atoms with Crippen molar-refractivity contribution in [3.8, 4) is 0 Å². The summed E-state index contributed by atoms with van der Waals surface area (Å²) in [7, 11) is 0. The van der Waals surface area contributed by atoms with Gasteiger partial charge in [0, 0.05) is 19.0 Å². The maximum absolute atomic E-state index is 12.2. The van der Waals surface area contributed by atoms with Gasteiger partial charge in [0.15, 0.2) is 0 Å². The normalized spacial score (nSPS) is 26.6. The summed E-state index contributed by atoms with van der Waals surface area (Å²) in [5.41, 5.74) is 1.53. The van der Waals surface area contributed by atoms with Gasteiger partial charge in [-0.1, -0.05) is 37.6 Å². The topological polar surface area (TPSA) is 20.3 Å². The second kappa shape index (κ2) is 7.10. The Bertz CT molecular complexity index is 392. The second-order valence-corrected chi connectivity index (χ2v) is 6.62. The van der Waals surface area contributed by atoms with Crippen LogP contribution in [0, 0.1) is 17.8 Å². The predicted molar refractivity (Wildman–Crippen MR) is 84.4 cm³/mol. The van der Waals surface area contributed by atoms with Gasteiger partial charge in [0.1, 0.15) is 0 Å². The van der Waals surface area contributed by atoms with Crippen LogP contribution >= 0.6 is 0 Å². The lowest BCUT2D eigenvalue weighted by Crippen LogP contribution is -2.33. The van der Waals surface area contributed by atoms with Gasteiger partial charge in [0.2, 0.25) is 5.91 Å². The fourth-order valence-electron chi connectivity index (χ4n) is 3.09. The fourth-order valence-corrected chi connectivity index (χ4v) is 3.09. The first kappa shape index (κ1) is 15.3. The van der Waals surface area contributed by atoms with Gasteiger partial charge in [0.05, 0.1) is 0 Å². The largest absolute Gasteiger partial charge is 0.339 e. The SMILES string of the molecule is CCCN(C/C=C\C1CC=C(C)CC1C)C(=O)C1CC1. The van der Waals surface area contributed by atoms with E-state index in [1.807, 2.05) is 4.90 Å². The van der Waals surface area contributed by atoms with Crippen molar-refractivity contribution in [3.63, 3.8) is 0 Å². The molecule has 2 unspecified atom stereocenters. The molecule has 2 nitrogen and oxygen atoms in total. The third-order valence-electron chi connectivity index (χ3n) is 4.55. The Hall–Kier alpha value is -1.05. The van der Waals surface area contributed by atoms with Gasteiger partial charge in [0.25, 0.3) is 0 Å². The molecule has 0 aromatic carbocycles. The smallest absolute Gasteiger partial charge is 0.225 e. The van der Waals surface area contributed by atoms with Crippen LogP contribution in [0.4, 0.5) is 0 Å². The van der Waals surface area contributed by atoms with Crippen LogP contribution in [0.2, 0.25) is 0 Å². The van der Waals surface area contributed by atoms with Crippen LogP contribution in [0.5, 0.6) is 0 Å². The van der Waals surface area contributed by atoms with Crippen molar-refractivity contribution < 1.29 is 4.79 Å². The molecule has 2 rings (SSSR count). The minimum absolute atomic E-state index is 0.342. The zero-order valence-corrected chi connectivity index (χ0v) is 13.3. The van der Waals surface area contributed by atoms with Gasteiger partial charge in [-0.15, -0.1) is 0 Å². The van der Waals surface area contributed by atoms with E-state index in [1.54, 1.807) is 0 Å². The van der Waals surface area contributed by atoms with Gasteiger partial charge in [-0.3, -0.25) is 4.79 Å². The zero-order chi connectivity index (χ0) is 14.5. The molecule has 0 heterocycles. The molecule has 1 amide bonds. The Kier molecular flexibility index (Phi) is 5.45. The Labute approximate surface area is 123 Å². The molecule has 2 aliphatic carbocycles. The van der Waals surface area contributed by atoms with E-state index in [1.165, 1.54) is 12.0 Å². The van der Waals surface area contributed by atoms with E-state index in [9.17, 15) is 4.79 Å². The summed E-state index contributed by atoms with van der Waals surface area (Å²) in [6.45, 7) is 8.42. The van der Waals surface area contributed by atoms with E-state index in [2.05, 4.69) is 39.0 Å². The van der Waals surface area contributed by atoms with Crippen molar-refractivity contribution >= 4 is 5.91 Å². The van der Waals surface area contributed by atoms with Crippen molar-refractivity contribution in [2.45, 2.75) is 52.9 Å². The van der Waals surface area contributed by atoms with Crippen LogP contribution in [0.1, 0.15) is 52.9 Å². The monoisotopic (exact) mass is 275 g/mol. The summed E-state index contributed by atoms with van der Waals surface area (Å²) >= 11 is 0. The minimum Gasteiger partial charge on any atom is -0.339 e. The van der Waals surface area contributed by atoms with Crippen molar-refractivity contribution in [1.82, 2.24) is 4.90 Å². The molecule has 112 valence electrons. The highest BCUT2D eigenvalue weighted by Gasteiger charge is 2.32. The van der Waals surface area contributed by atoms with Crippen LogP contribution in [0.3, 0.4) is 0 Å². The molecule has 20 heavy (non-hydrogen) atoms. The van der Waals surface area contributed by atoms with Crippen molar-refractivity contribution in [2.75, 3.05) is 13.1 Å². The van der Waals surface area contributed by atoms with Crippen LogP contribution < -0.4 is 0 Å². The Morgan fingerprint density at radius 1 is 1.45 bits per heavy atom. The molecule has 0 aliphatic heterocycles.